The van der Waals surface area contributed by atoms with Crippen molar-refractivity contribution in [1.82, 2.24) is 0 Å². The summed E-state index contributed by atoms with van der Waals surface area (Å²) in [5.74, 6) is 0. The van der Waals surface area contributed by atoms with Crippen LogP contribution < -0.4 is 101 Å². The molecule has 0 aliphatic rings. The van der Waals surface area contributed by atoms with Gasteiger partial charge in [0.1, 0.15) is 0 Å². The fourth-order valence-corrected chi connectivity index (χ4v) is 0. The average molecular weight is 253 g/mol. The van der Waals surface area contributed by atoms with Crippen molar-refractivity contribution in [3.63, 3.8) is 0 Å². The van der Waals surface area contributed by atoms with Gasteiger partial charge in [0.25, 0.3) is 0 Å². The van der Waals surface area contributed by atoms with E-state index in [2.05, 4.69) is 0 Å². The van der Waals surface area contributed by atoms with Crippen LogP contribution in [0.2, 0.25) is 0 Å². The molecule has 0 aromatic heterocycles. The van der Waals surface area contributed by atoms with E-state index in [0.29, 0.717) is 0 Å². The van der Waals surface area contributed by atoms with Gasteiger partial charge in [-0.1, -0.05) is 0 Å². The zero-order valence-electron chi connectivity index (χ0n) is 5.60. The van der Waals surface area contributed by atoms with Gasteiger partial charge in [-0.3, -0.25) is 0 Å². The van der Waals surface area contributed by atoms with Crippen LogP contribution in [0.15, 0.2) is 0 Å². The molecule has 0 heterocycles. The third-order valence-corrected chi connectivity index (χ3v) is 0. The third-order valence-electron chi connectivity index (χ3n) is 0. The number of carboxylic acid groups (broad SMARTS) is 2. The second-order valence-corrected chi connectivity index (χ2v) is 0.266. The van der Waals surface area contributed by atoms with Gasteiger partial charge in [0.05, 0.1) is 0 Å². The molecular formula is CHCaCl3Na2O3. The first-order chi connectivity index (χ1) is 1.73. The number of hydrogen-bond acceptors (Lipinski definition) is 2. The number of rotatable bonds is 0. The molecular weight excluding hydrogens is 252 g/mol. The number of halogens is 3. The summed E-state index contributed by atoms with van der Waals surface area (Å²) in [5, 5.41) is 15.3. The van der Waals surface area contributed by atoms with E-state index >= 15 is 0 Å². The molecule has 0 spiro atoms. The maximum Gasteiger partial charge on any atom is 2.00 e. The molecule has 0 aromatic rings. The Morgan fingerprint density at radius 1 is 1.10 bits per heavy atom. The smallest absolute Gasteiger partial charge is 1.00 e. The fraction of sp³-hybridized carbons (Fsp3) is 0. The molecule has 9 heteroatoms. The molecule has 0 aliphatic heterocycles. The van der Waals surface area contributed by atoms with E-state index in [0.717, 1.165) is 0 Å². The normalized spacial score (nSPS) is 2.40. The monoisotopic (exact) mass is 252 g/mol. The number of hydrogen-bond donors (Lipinski definition) is 1. The summed E-state index contributed by atoms with van der Waals surface area (Å²) >= 11 is 0. The summed E-state index contributed by atoms with van der Waals surface area (Å²) in [4.78, 5) is 8.44. The van der Waals surface area contributed by atoms with Crippen LogP contribution in [0.5, 0.6) is 0 Å². The minimum Gasteiger partial charge on any atom is -1.00 e. The molecule has 0 amide bonds. The van der Waals surface area contributed by atoms with Crippen LogP contribution in [0.25, 0.3) is 0 Å². The first-order valence-corrected chi connectivity index (χ1v) is 0.632. The minimum atomic E-state index is -2.08. The molecule has 0 bridgehead atoms. The molecule has 0 saturated carbocycles. The van der Waals surface area contributed by atoms with Crippen LogP contribution in [0, 0.1) is 0 Å². The second-order valence-electron chi connectivity index (χ2n) is 0.266. The molecule has 3 nitrogen and oxygen atoms in total. The molecule has 10 heavy (non-hydrogen) atoms. The molecule has 0 saturated heterocycles. The molecule has 0 fully saturated rings. The van der Waals surface area contributed by atoms with Crippen LogP contribution in [-0.4, -0.2) is 49.0 Å². The molecule has 0 unspecified atom stereocenters. The van der Waals surface area contributed by atoms with Crippen LogP contribution in [-0.2, 0) is 0 Å². The quantitative estimate of drug-likeness (QED) is 0.436. The molecule has 0 rings (SSSR count). The Bertz CT molecular complexity index is 44.7. The van der Waals surface area contributed by atoms with Gasteiger partial charge in [-0.15, -0.1) is 0 Å². The van der Waals surface area contributed by atoms with E-state index in [1.54, 1.807) is 0 Å². The van der Waals surface area contributed by atoms with Crippen molar-refractivity contribution in [2.24, 2.45) is 0 Å². The van der Waals surface area contributed by atoms with Crippen LogP contribution in [0.1, 0.15) is 0 Å². The Morgan fingerprint density at radius 3 is 1.10 bits per heavy atom. The van der Waals surface area contributed by atoms with Gasteiger partial charge in [0.15, 0.2) is 0 Å². The first-order valence-electron chi connectivity index (χ1n) is 0.632. The van der Waals surface area contributed by atoms with E-state index in [9.17, 15) is 0 Å². The first kappa shape index (κ1) is 50.3. The Labute approximate surface area is 152 Å². The second kappa shape index (κ2) is 39.3. The Hall–Kier alpha value is 3.40. The Balaban J connectivity index is -0.00000000300. The van der Waals surface area contributed by atoms with E-state index < -0.39 is 6.16 Å². The standard InChI is InChI=1S/CH2O3.Ca.3ClH.2Na/c2-1(3)4;;;;;;/h(H2,2,3,4);;3*1H;;/q;+2;;;;2*+1/p-4. The van der Waals surface area contributed by atoms with E-state index in [1.807, 2.05) is 0 Å². The van der Waals surface area contributed by atoms with Crippen molar-refractivity contribution in [2.75, 3.05) is 0 Å². The van der Waals surface area contributed by atoms with Gasteiger partial charge in [-0.2, -0.15) is 0 Å². The summed E-state index contributed by atoms with van der Waals surface area (Å²) < 4.78 is 0. The van der Waals surface area contributed by atoms with Crippen LogP contribution in [0.3, 0.4) is 0 Å². The largest absolute Gasteiger partial charge is 2.00 e. The summed E-state index contributed by atoms with van der Waals surface area (Å²) in [5.41, 5.74) is 0. The van der Waals surface area contributed by atoms with Crippen molar-refractivity contribution in [2.45, 2.75) is 0 Å². The summed E-state index contributed by atoms with van der Waals surface area (Å²) in [7, 11) is 0. The van der Waals surface area contributed by atoms with Gasteiger partial charge in [0, 0.05) is 0 Å². The maximum absolute atomic E-state index is 8.44. The van der Waals surface area contributed by atoms with Crippen molar-refractivity contribution in [1.29, 1.82) is 0 Å². The van der Waals surface area contributed by atoms with Crippen LogP contribution in [0.4, 0.5) is 4.79 Å². The molecule has 1 N–H and O–H groups in total. The van der Waals surface area contributed by atoms with Crippen molar-refractivity contribution in [3.8, 4) is 0 Å². The SMILES string of the molecule is O=C([O-])O.[Ca+2].[Cl-].[Cl-].[Cl-].[Na+].[Na+]. The predicted molar refractivity (Wildman–Crippen MR) is 13.8 cm³/mol. The predicted octanol–water partition coefficient (Wildman–Crippen LogP) is -16.5. The zero-order chi connectivity index (χ0) is 3.58. The van der Waals surface area contributed by atoms with Crippen molar-refractivity contribution >= 4 is 43.9 Å². The zero-order valence-corrected chi connectivity index (χ0v) is 14.1. The third kappa shape index (κ3) is 107. The topological polar surface area (TPSA) is 60.4 Å². The van der Waals surface area contributed by atoms with Crippen molar-refractivity contribution < 1.29 is 111 Å². The minimum absolute atomic E-state index is 0. The van der Waals surface area contributed by atoms with Crippen molar-refractivity contribution in [3.05, 3.63) is 0 Å². The Kier molecular flexibility index (Phi) is 198. The van der Waals surface area contributed by atoms with Gasteiger partial charge in [0.2, 0.25) is 6.16 Å². The summed E-state index contributed by atoms with van der Waals surface area (Å²) in [6.45, 7) is 0. The summed E-state index contributed by atoms with van der Waals surface area (Å²) in [6, 6.07) is 0. The van der Waals surface area contributed by atoms with E-state index in [4.69, 9.17) is 15.0 Å². The molecule has 0 atom stereocenters. The van der Waals surface area contributed by atoms with E-state index in [-0.39, 0.29) is 134 Å². The molecule has 0 aromatic carbocycles. The molecule has 0 radical (unpaired) electrons. The maximum atomic E-state index is 8.44. The summed E-state index contributed by atoms with van der Waals surface area (Å²) in [6.07, 6.45) is -2.08. The van der Waals surface area contributed by atoms with Gasteiger partial charge in [-0.25, -0.2) is 0 Å². The van der Waals surface area contributed by atoms with Gasteiger partial charge >= 0.3 is 96.9 Å². The molecule has 0 aliphatic carbocycles. The number of carbonyl (C=O) groups is 1. The van der Waals surface area contributed by atoms with E-state index in [1.165, 1.54) is 0 Å². The average Bonchev–Trinajstić information content (AvgIpc) is 0.811. The van der Waals surface area contributed by atoms with Crippen LogP contribution >= 0.6 is 0 Å². The Morgan fingerprint density at radius 2 is 1.10 bits per heavy atom. The molecule has 48 valence electrons. The van der Waals surface area contributed by atoms with Gasteiger partial charge in [-0.05, 0) is 0 Å². The van der Waals surface area contributed by atoms with Gasteiger partial charge < -0.3 is 52.2 Å². The fourth-order valence-electron chi connectivity index (χ4n) is 0.